The normalized spacial score (nSPS) is 12.8. The molecule has 0 radical (unpaired) electrons. The van der Waals surface area contributed by atoms with Crippen LogP contribution in [0.3, 0.4) is 0 Å². The number of aliphatic hydroxyl groups is 1. The molecule has 0 spiro atoms. The summed E-state index contributed by atoms with van der Waals surface area (Å²) in [5.41, 5.74) is 0.386. The van der Waals surface area contributed by atoms with Crippen LogP contribution in [0.1, 0.15) is 12.6 Å². The maximum Gasteiger partial charge on any atom is 1.00 e. The molecule has 2 rings (SSSR count). The van der Waals surface area contributed by atoms with E-state index < -0.39 is 32.6 Å². The Bertz CT molecular complexity index is 791. The molecule has 0 aliphatic carbocycles. The van der Waals surface area contributed by atoms with Gasteiger partial charge in [0.05, 0.1) is 25.5 Å². The standard InChI is InChI=1S/C10H14N5O6P.Na.H/c11-9-8-10(13-3-12-8)14-4-15(9)7(17)1-6(2-16)21-5-22(18,19)20;;/h3-4,6,11,16H,1-2,5H2,(H,12,13)(H2,18,19,20);;/q;+1;-1/t6-;;/m0../s1. The summed E-state index contributed by atoms with van der Waals surface area (Å²) >= 11 is 0. The predicted octanol–water partition coefficient (Wildman–Crippen LogP) is -4.10. The van der Waals surface area contributed by atoms with Crippen molar-refractivity contribution in [2.75, 3.05) is 13.0 Å². The first-order valence-corrected chi connectivity index (χ1v) is 7.87. The van der Waals surface area contributed by atoms with E-state index in [9.17, 15) is 9.36 Å². The van der Waals surface area contributed by atoms with E-state index in [1.165, 1.54) is 6.33 Å². The SMILES string of the molecule is N=c1c2[nH]cnc2ncn1C(=O)C[C@@H](CO)OCP(=O)(O)O.[H-].[Na+]. The third-order valence-corrected chi connectivity index (χ3v) is 3.23. The van der Waals surface area contributed by atoms with Gasteiger partial charge >= 0.3 is 37.2 Å². The molecule has 0 saturated carbocycles. The van der Waals surface area contributed by atoms with E-state index in [4.69, 9.17) is 25.0 Å². The van der Waals surface area contributed by atoms with Crippen LogP contribution in [0.4, 0.5) is 0 Å². The topological polar surface area (TPSA) is 174 Å². The molecule has 2 aromatic rings. The van der Waals surface area contributed by atoms with Gasteiger partial charge in [-0.25, -0.2) is 9.97 Å². The fraction of sp³-hybridized carbons (Fsp3) is 0.400. The van der Waals surface area contributed by atoms with Crippen LogP contribution in [0.25, 0.3) is 11.2 Å². The molecule has 0 unspecified atom stereocenters. The van der Waals surface area contributed by atoms with Gasteiger partial charge < -0.3 is 26.0 Å². The molecule has 122 valence electrons. The first-order valence-electron chi connectivity index (χ1n) is 6.07. The smallest absolute Gasteiger partial charge is 1.00 e. The van der Waals surface area contributed by atoms with Gasteiger partial charge in [0.25, 0.3) is 0 Å². The van der Waals surface area contributed by atoms with Crippen molar-refractivity contribution in [2.24, 2.45) is 0 Å². The monoisotopic (exact) mass is 355 g/mol. The molecular weight excluding hydrogens is 340 g/mol. The van der Waals surface area contributed by atoms with Crippen molar-refractivity contribution in [1.29, 1.82) is 5.41 Å². The van der Waals surface area contributed by atoms with Gasteiger partial charge in [-0.1, -0.05) is 0 Å². The fourth-order valence-corrected chi connectivity index (χ4v) is 2.12. The number of H-pyrrole nitrogens is 1. The summed E-state index contributed by atoms with van der Waals surface area (Å²) < 4.78 is 16.5. The van der Waals surface area contributed by atoms with Crippen LogP contribution in [0.15, 0.2) is 12.7 Å². The number of aromatic amines is 1. The van der Waals surface area contributed by atoms with Gasteiger partial charge in [0.15, 0.2) is 11.1 Å². The summed E-state index contributed by atoms with van der Waals surface area (Å²) in [6.07, 6.45) is 0.0930. The van der Waals surface area contributed by atoms with Gasteiger partial charge in [-0.3, -0.25) is 19.3 Å². The van der Waals surface area contributed by atoms with Crippen LogP contribution in [0.2, 0.25) is 0 Å². The Morgan fingerprint density at radius 1 is 1.52 bits per heavy atom. The molecule has 0 bridgehead atoms. The van der Waals surface area contributed by atoms with Gasteiger partial charge in [0.1, 0.15) is 18.2 Å². The minimum absolute atomic E-state index is 0. The molecule has 2 heterocycles. The second-order valence-corrected chi connectivity index (χ2v) is 6.01. The Labute approximate surface area is 153 Å². The Morgan fingerprint density at radius 3 is 2.83 bits per heavy atom. The number of hydrogen-bond acceptors (Lipinski definition) is 7. The van der Waals surface area contributed by atoms with E-state index in [1.54, 1.807) is 0 Å². The zero-order chi connectivity index (χ0) is 16.3. The number of rotatable bonds is 6. The quantitative estimate of drug-likeness (QED) is 0.257. The van der Waals surface area contributed by atoms with Gasteiger partial charge in [-0.2, -0.15) is 0 Å². The van der Waals surface area contributed by atoms with Crippen LogP contribution >= 0.6 is 7.60 Å². The second-order valence-electron chi connectivity index (χ2n) is 4.43. The van der Waals surface area contributed by atoms with Crippen LogP contribution in [0.5, 0.6) is 0 Å². The number of nitrogens with one attached hydrogen (secondary N) is 2. The van der Waals surface area contributed by atoms with E-state index in [-0.39, 0.29) is 54.1 Å². The Balaban J connectivity index is 0.00000264. The third kappa shape index (κ3) is 5.30. The number of nitrogens with zero attached hydrogens (tertiary/aromatic N) is 3. The number of carbonyl (C=O) groups is 1. The minimum Gasteiger partial charge on any atom is -1.00 e. The number of hydrogen-bond donors (Lipinski definition) is 5. The summed E-state index contributed by atoms with van der Waals surface area (Å²) in [7, 11) is -4.40. The molecular formula is C10H15N5NaO6P. The largest absolute Gasteiger partial charge is 1.00 e. The minimum atomic E-state index is -4.40. The van der Waals surface area contributed by atoms with Crippen LogP contribution in [-0.2, 0) is 9.30 Å². The van der Waals surface area contributed by atoms with Gasteiger partial charge in [0, 0.05) is 0 Å². The average Bonchev–Trinajstić information content (AvgIpc) is 2.92. The third-order valence-electron chi connectivity index (χ3n) is 2.75. The van der Waals surface area contributed by atoms with E-state index in [0.717, 1.165) is 10.9 Å². The Morgan fingerprint density at radius 2 is 2.22 bits per heavy atom. The number of imidazole rings is 1. The number of aliphatic hydroxyl groups excluding tert-OH is 1. The van der Waals surface area contributed by atoms with Crippen molar-refractivity contribution in [3.8, 4) is 0 Å². The van der Waals surface area contributed by atoms with Crippen molar-refractivity contribution in [2.45, 2.75) is 12.5 Å². The molecule has 1 atom stereocenters. The molecule has 0 fully saturated rings. The maximum absolute atomic E-state index is 12.1. The van der Waals surface area contributed by atoms with Crippen molar-refractivity contribution in [3.63, 3.8) is 0 Å². The number of ether oxygens (including phenoxy) is 1. The van der Waals surface area contributed by atoms with Crippen molar-refractivity contribution >= 4 is 24.7 Å². The summed E-state index contributed by atoms with van der Waals surface area (Å²) in [5.74, 6) is -0.612. The Kier molecular flexibility index (Phi) is 7.24. The summed E-state index contributed by atoms with van der Waals surface area (Å²) in [5, 5.41) is 17.0. The first kappa shape index (κ1) is 20.1. The summed E-state index contributed by atoms with van der Waals surface area (Å²) in [6, 6.07) is 0. The average molecular weight is 355 g/mol. The number of carbonyl (C=O) groups excluding carboxylic acids is 1. The van der Waals surface area contributed by atoms with Gasteiger partial charge in [-0.05, 0) is 0 Å². The molecule has 23 heavy (non-hydrogen) atoms. The number of aromatic nitrogens is 4. The fourth-order valence-electron chi connectivity index (χ4n) is 1.71. The molecule has 0 saturated heterocycles. The van der Waals surface area contributed by atoms with Gasteiger partial charge in [-0.15, -0.1) is 0 Å². The molecule has 0 aromatic carbocycles. The van der Waals surface area contributed by atoms with Gasteiger partial charge in [0.2, 0.25) is 5.91 Å². The first-order chi connectivity index (χ1) is 10.3. The number of fused-ring (bicyclic) bond motifs is 1. The van der Waals surface area contributed by atoms with Crippen LogP contribution in [-0.4, -0.2) is 59.4 Å². The zero-order valence-corrected chi connectivity index (χ0v) is 15.1. The van der Waals surface area contributed by atoms with E-state index in [1.807, 2.05) is 0 Å². The molecule has 5 N–H and O–H groups in total. The molecule has 11 nitrogen and oxygen atoms in total. The summed E-state index contributed by atoms with van der Waals surface area (Å²) in [6.45, 7) is -0.598. The summed E-state index contributed by atoms with van der Waals surface area (Å²) in [4.78, 5) is 40.0. The van der Waals surface area contributed by atoms with E-state index in [2.05, 4.69) is 15.0 Å². The predicted molar refractivity (Wildman–Crippen MR) is 73.0 cm³/mol. The van der Waals surface area contributed by atoms with Crippen LogP contribution in [0, 0.1) is 5.41 Å². The molecule has 0 aliphatic rings. The van der Waals surface area contributed by atoms with E-state index >= 15 is 0 Å². The zero-order valence-electron chi connectivity index (χ0n) is 13.2. The second kappa shape index (κ2) is 8.27. The van der Waals surface area contributed by atoms with Crippen molar-refractivity contribution in [1.82, 2.24) is 19.5 Å². The van der Waals surface area contributed by atoms with Crippen molar-refractivity contribution < 1.29 is 60.0 Å². The molecule has 13 heteroatoms. The molecule has 2 aromatic heterocycles. The Hall–Kier alpha value is -0.910. The molecule has 0 aliphatic heterocycles. The van der Waals surface area contributed by atoms with Crippen molar-refractivity contribution in [3.05, 3.63) is 18.1 Å². The van der Waals surface area contributed by atoms with Crippen LogP contribution < -0.4 is 35.0 Å². The maximum atomic E-state index is 12.1. The van der Waals surface area contributed by atoms with E-state index in [0.29, 0.717) is 0 Å². The molecule has 0 amide bonds.